The lowest BCUT2D eigenvalue weighted by Gasteiger charge is -2.35. The number of primary amides is 1. The highest BCUT2D eigenvalue weighted by Crippen LogP contribution is 2.25. The molecule has 150 valence electrons. The van der Waals surface area contributed by atoms with Gasteiger partial charge in [0.1, 0.15) is 16.4 Å². The summed E-state index contributed by atoms with van der Waals surface area (Å²) in [6.45, 7) is 2.29. The highest BCUT2D eigenvalue weighted by molar-refractivity contribution is 7.89. The molecule has 1 aliphatic heterocycles. The molecule has 1 fully saturated rings. The Morgan fingerprint density at radius 1 is 1.11 bits per heavy atom. The summed E-state index contributed by atoms with van der Waals surface area (Å²) in [5.74, 6) is -1.45. The number of hydrogen-bond acceptors (Lipinski definition) is 5. The third-order valence-corrected chi connectivity index (χ3v) is 6.67. The van der Waals surface area contributed by atoms with Crippen LogP contribution < -0.4 is 10.6 Å². The number of nitrogens with two attached hydrogens (primary N) is 1. The van der Waals surface area contributed by atoms with Crippen LogP contribution in [0.15, 0.2) is 35.4 Å². The van der Waals surface area contributed by atoms with Crippen LogP contribution in [0.4, 0.5) is 10.1 Å². The van der Waals surface area contributed by atoms with E-state index in [1.807, 2.05) is 0 Å². The predicted molar refractivity (Wildman–Crippen MR) is 101 cm³/mol. The van der Waals surface area contributed by atoms with Crippen molar-refractivity contribution in [1.29, 1.82) is 0 Å². The minimum Gasteiger partial charge on any atom is -0.367 e. The number of piperazine rings is 1. The molecule has 0 atom stereocenters. The van der Waals surface area contributed by atoms with Gasteiger partial charge < -0.3 is 15.2 Å². The maximum absolute atomic E-state index is 14.3. The number of sulfonamides is 1. The van der Waals surface area contributed by atoms with Gasteiger partial charge in [0, 0.05) is 45.0 Å². The van der Waals surface area contributed by atoms with Gasteiger partial charge in [0.2, 0.25) is 10.0 Å². The molecule has 2 N–H and O–H groups in total. The third-order valence-electron chi connectivity index (χ3n) is 4.80. The molecule has 28 heavy (non-hydrogen) atoms. The van der Waals surface area contributed by atoms with Crippen molar-refractivity contribution in [2.45, 2.75) is 11.8 Å². The molecule has 1 aromatic carbocycles. The fraction of sp³-hybridized carbons (Fsp3) is 0.333. The normalized spacial score (nSPS) is 15.6. The minimum atomic E-state index is -3.79. The summed E-state index contributed by atoms with van der Waals surface area (Å²) < 4.78 is 42.7. The van der Waals surface area contributed by atoms with E-state index in [2.05, 4.69) is 0 Å². The standard InChI is InChI=1S/C18H21FN4O4S/c1-12(24)13-3-4-16(15(19)9-13)22-5-7-23(8-6-22)28(26,27)14-10-17(18(20)25)21(2)11-14/h3-4,9-11H,5-8H2,1-2H3,(H2,20,25). The molecule has 3 rings (SSSR count). The van der Waals surface area contributed by atoms with Crippen molar-refractivity contribution in [2.75, 3.05) is 31.1 Å². The number of Topliss-reactive ketones (excluding diaryl/α,β-unsaturated/α-hetero) is 1. The fourth-order valence-electron chi connectivity index (χ4n) is 3.22. The van der Waals surface area contributed by atoms with Gasteiger partial charge in [0.05, 0.1) is 5.69 Å². The molecule has 1 saturated heterocycles. The maximum Gasteiger partial charge on any atom is 0.265 e. The van der Waals surface area contributed by atoms with Crippen LogP contribution in [-0.2, 0) is 17.1 Å². The van der Waals surface area contributed by atoms with Crippen molar-refractivity contribution in [3.8, 4) is 0 Å². The first-order valence-electron chi connectivity index (χ1n) is 8.63. The van der Waals surface area contributed by atoms with Gasteiger partial charge in [-0.3, -0.25) is 9.59 Å². The van der Waals surface area contributed by atoms with Crippen molar-refractivity contribution < 1.29 is 22.4 Å². The minimum absolute atomic E-state index is 0.00533. The Hall–Kier alpha value is -2.72. The number of rotatable bonds is 5. The number of anilines is 1. The van der Waals surface area contributed by atoms with Crippen LogP contribution in [0, 0.1) is 5.82 Å². The summed E-state index contributed by atoms with van der Waals surface area (Å²) in [5.41, 5.74) is 5.97. The molecule has 2 heterocycles. The van der Waals surface area contributed by atoms with E-state index in [1.165, 1.54) is 40.2 Å². The zero-order chi connectivity index (χ0) is 20.6. The van der Waals surface area contributed by atoms with Gasteiger partial charge >= 0.3 is 0 Å². The van der Waals surface area contributed by atoms with Crippen LogP contribution >= 0.6 is 0 Å². The molecule has 0 spiro atoms. The summed E-state index contributed by atoms with van der Waals surface area (Å²) in [6, 6.07) is 5.53. The average Bonchev–Trinajstić information content (AvgIpc) is 3.04. The smallest absolute Gasteiger partial charge is 0.265 e. The predicted octanol–water partition coefficient (Wildman–Crippen LogP) is 0.977. The van der Waals surface area contributed by atoms with Crippen LogP contribution in [0.3, 0.4) is 0 Å². The van der Waals surface area contributed by atoms with Gasteiger partial charge in [-0.1, -0.05) is 0 Å². The van der Waals surface area contributed by atoms with Crippen LogP contribution in [0.5, 0.6) is 0 Å². The Kier molecular flexibility index (Phi) is 5.26. The molecule has 1 amide bonds. The Morgan fingerprint density at radius 3 is 2.25 bits per heavy atom. The lowest BCUT2D eigenvalue weighted by atomic mass is 10.1. The zero-order valence-electron chi connectivity index (χ0n) is 15.6. The Labute approximate surface area is 162 Å². The summed E-state index contributed by atoms with van der Waals surface area (Å²) in [7, 11) is -2.25. The molecular weight excluding hydrogens is 387 g/mol. The van der Waals surface area contributed by atoms with E-state index in [0.29, 0.717) is 18.8 Å². The van der Waals surface area contributed by atoms with Crippen molar-refractivity contribution >= 4 is 27.4 Å². The second-order valence-corrected chi connectivity index (χ2v) is 8.59. The van der Waals surface area contributed by atoms with E-state index >= 15 is 0 Å². The zero-order valence-corrected chi connectivity index (χ0v) is 16.4. The molecule has 8 nitrogen and oxygen atoms in total. The number of hydrogen-bond donors (Lipinski definition) is 1. The Morgan fingerprint density at radius 2 is 1.75 bits per heavy atom. The molecule has 0 saturated carbocycles. The number of aryl methyl sites for hydroxylation is 1. The van der Waals surface area contributed by atoms with Gasteiger partial charge in [-0.2, -0.15) is 4.31 Å². The number of ketones is 1. The highest BCUT2D eigenvalue weighted by Gasteiger charge is 2.31. The second-order valence-electron chi connectivity index (χ2n) is 6.65. The Balaban J connectivity index is 1.75. The molecule has 0 radical (unpaired) electrons. The SMILES string of the molecule is CC(=O)c1ccc(N2CCN(S(=O)(=O)c3cc(C(N)=O)n(C)c3)CC2)c(F)c1. The van der Waals surface area contributed by atoms with Crippen LogP contribution in [0.2, 0.25) is 0 Å². The lowest BCUT2D eigenvalue weighted by molar-refractivity contribution is 0.0989. The first kappa shape index (κ1) is 20.0. The van der Waals surface area contributed by atoms with Gasteiger partial charge in [-0.25, -0.2) is 12.8 Å². The number of aromatic nitrogens is 1. The molecule has 2 aromatic rings. The van der Waals surface area contributed by atoms with Gasteiger partial charge in [0.15, 0.2) is 5.78 Å². The molecule has 1 aliphatic rings. The van der Waals surface area contributed by atoms with E-state index < -0.39 is 21.7 Å². The van der Waals surface area contributed by atoms with E-state index in [0.717, 1.165) is 0 Å². The molecular formula is C18H21FN4O4S. The highest BCUT2D eigenvalue weighted by atomic mass is 32.2. The average molecular weight is 408 g/mol. The molecule has 10 heteroatoms. The van der Waals surface area contributed by atoms with Crippen molar-refractivity contribution in [3.63, 3.8) is 0 Å². The van der Waals surface area contributed by atoms with Gasteiger partial charge in [0.25, 0.3) is 5.91 Å². The second kappa shape index (κ2) is 7.36. The summed E-state index contributed by atoms with van der Waals surface area (Å²) >= 11 is 0. The number of carbonyl (C=O) groups is 2. The van der Waals surface area contributed by atoms with Crippen molar-refractivity contribution in [2.24, 2.45) is 12.8 Å². The number of amides is 1. The maximum atomic E-state index is 14.3. The topological polar surface area (TPSA) is 106 Å². The first-order valence-corrected chi connectivity index (χ1v) is 10.1. The monoisotopic (exact) mass is 408 g/mol. The number of nitrogens with zero attached hydrogens (tertiary/aromatic N) is 3. The molecule has 1 aromatic heterocycles. The quantitative estimate of drug-likeness (QED) is 0.743. The third kappa shape index (κ3) is 3.65. The molecule has 0 aliphatic carbocycles. The Bertz CT molecular complexity index is 1040. The molecule has 0 unspecified atom stereocenters. The summed E-state index contributed by atoms with van der Waals surface area (Å²) in [5, 5.41) is 0. The van der Waals surface area contributed by atoms with E-state index in [1.54, 1.807) is 18.0 Å². The van der Waals surface area contributed by atoms with E-state index in [4.69, 9.17) is 5.73 Å². The number of halogens is 1. The van der Waals surface area contributed by atoms with Crippen LogP contribution in [-0.4, -0.2) is 55.2 Å². The van der Waals surface area contributed by atoms with E-state index in [9.17, 15) is 22.4 Å². The van der Waals surface area contributed by atoms with Crippen LogP contribution in [0.25, 0.3) is 0 Å². The summed E-state index contributed by atoms with van der Waals surface area (Å²) in [6.07, 6.45) is 1.35. The van der Waals surface area contributed by atoms with Gasteiger partial charge in [-0.05, 0) is 31.2 Å². The largest absolute Gasteiger partial charge is 0.367 e. The van der Waals surface area contributed by atoms with Crippen molar-refractivity contribution in [3.05, 3.63) is 47.5 Å². The number of carbonyl (C=O) groups excluding carboxylic acids is 2. The lowest BCUT2D eigenvalue weighted by Crippen LogP contribution is -2.48. The first-order chi connectivity index (χ1) is 13.1. The van der Waals surface area contributed by atoms with Crippen LogP contribution in [0.1, 0.15) is 27.8 Å². The van der Waals surface area contributed by atoms with Crippen molar-refractivity contribution in [1.82, 2.24) is 8.87 Å². The van der Waals surface area contributed by atoms with E-state index in [-0.39, 0.29) is 35.0 Å². The van der Waals surface area contributed by atoms with Gasteiger partial charge in [-0.15, -0.1) is 0 Å². The fourth-order valence-corrected chi connectivity index (χ4v) is 4.72. The number of benzene rings is 1. The molecule has 0 bridgehead atoms. The summed E-state index contributed by atoms with van der Waals surface area (Å²) in [4.78, 5) is 24.5.